The molecule has 0 saturated heterocycles. The maximum atomic E-state index is 5.91. The summed E-state index contributed by atoms with van der Waals surface area (Å²) in [5, 5.41) is 0. The van der Waals surface area contributed by atoms with Crippen molar-refractivity contribution in [2.45, 2.75) is 19.4 Å². The average Bonchev–Trinajstić information content (AvgIpc) is 2.55. The van der Waals surface area contributed by atoms with Gasteiger partial charge in [-0.1, -0.05) is 54.6 Å². The number of hydrogen-bond acceptors (Lipinski definition) is 1. The summed E-state index contributed by atoms with van der Waals surface area (Å²) >= 11 is 0. The van der Waals surface area contributed by atoms with E-state index in [0.29, 0.717) is 0 Å². The van der Waals surface area contributed by atoms with Crippen LogP contribution in [0.4, 0.5) is 0 Å². The molecule has 0 aromatic carbocycles. The van der Waals surface area contributed by atoms with Crippen LogP contribution < -0.4 is 5.73 Å². The van der Waals surface area contributed by atoms with Crippen LogP contribution in [0.1, 0.15) is 19.4 Å². The predicted molar refractivity (Wildman–Crippen MR) is 70.4 cm³/mol. The normalized spacial score (nSPS) is 12.4. The minimum Gasteiger partial charge on any atom is -0.322 e. The molecule has 2 rings (SSSR count). The molecule has 1 heteroatoms. The van der Waals surface area contributed by atoms with E-state index in [1.165, 1.54) is 16.7 Å². The van der Waals surface area contributed by atoms with E-state index < -0.39 is 0 Å². The Morgan fingerprint density at radius 2 is 1.50 bits per heavy atom. The zero-order valence-corrected chi connectivity index (χ0v) is 9.77. The van der Waals surface area contributed by atoms with Crippen molar-refractivity contribution < 1.29 is 0 Å². The Balaban J connectivity index is 2.33. The van der Waals surface area contributed by atoms with Crippen molar-refractivity contribution in [1.29, 1.82) is 0 Å². The summed E-state index contributed by atoms with van der Waals surface area (Å²) in [7, 11) is 0. The van der Waals surface area contributed by atoms with Gasteiger partial charge in [0.25, 0.3) is 0 Å². The second kappa shape index (κ2) is 4.11. The van der Waals surface area contributed by atoms with Gasteiger partial charge in [0, 0.05) is 5.54 Å². The molecule has 0 saturated carbocycles. The van der Waals surface area contributed by atoms with Crippen molar-refractivity contribution in [3.8, 4) is 11.1 Å². The van der Waals surface area contributed by atoms with Crippen molar-refractivity contribution >= 4 is 6.08 Å². The lowest BCUT2D eigenvalue weighted by atomic mass is 10.1. The van der Waals surface area contributed by atoms with Crippen LogP contribution in [-0.2, 0) is 0 Å². The monoisotopic (exact) mass is 211 g/mol. The molecule has 0 aromatic rings. The Hall–Kier alpha value is -1.60. The summed E-state index contributed by atoms with van der Waals surface area (Å²) in [5.74, 6) is 0. The van der Waals surface area contributed by atoms with Crippen molar-refractivity contribution in [3.63, 3.8) is 0 Å². The molecular weight excluding hydrogens is 194 g/mol. The van der Waals surface area contributed by atoms with Crippen LogP contribution >= 0.6 is 0 Å². The number of fused-ring (bicyclic) bond motifs is 1. The van der Waals surface area contributed by atoms with Crippen molar-refractivity contribution in [2.75, 3.05) is 0 Å². The van der Waals surface area contributed by atoms with Gasteiger partial charge in [0.05, 0.1) is 0 Å². The third kappa shape index (κ3) is 2.71. The highest BCUT2D eigenvalue weighted by molar-refractivity contribution is 5.67. The van der Waals surface area contributed by atoms with Gasteiger partial charge >= 0.3 is 0 Å². The molecule has 0 bridgehead atoms. The Morgan fingerprint density at radius 1 is 0.938 bits per heavy atom. The maximum Gasteiger partial charge on any atom is 0.0284 e. The van der Waals surface area contributed by atoms with E-state index in [0.717, 1.165) is 0 Å². The highest BCUT2D eigenvalue weighted by Crippen LogP contribution is 2.22. The van der Waals surface area contributed by atoms with Gasteiger partial charge in [-0.25, -0.2) is 0 Å². The molecule has 1 nitrogen and oxygen atoms in total. The van der Waals surface area contributed by atoms with Crippen LogP contribution in [0.2, 0.25) is 0 Å². The lowest BCUT2D eigenvalue weighted by Crippen LogP contribution is -2.28. The molecule has 2 aliphatic carbocycles. The van der Waals surface area contributed by atoms with Crippen LogP contribution in [-0.4, -0.2) is 5.54 Å². The third-order valence-electron chi connectivity index (χ3n) is 2.50. The Labute approximate surface area is 96.9 Å². The molecule has 0 atom stereocenters. The van der Waals surface area contributed by atoms with Gasteiger partial charge in [0.1, 0.15) is 0 Å². The highest BCUT2D eigenvalue weighted by Gasteiger charge is 2.03. The molecule has 2 N–H and O–H groups in total. The van der Waals surface area contributed by atoms with Gasteiger partial charge in [0.2, 0.25) is 0 Å². The van der Waals surface area contributed by atoms with E-state index in [9.17, 15) is 0 Å². The van der Waals surface area contributed by atoms with E-state index in [2.05, 4.69) is 48.5 Å². The highest BCUT2D eigenvalue weighted by atomic mass is 14.7. The average molecular weight is 211 g/mol. The first-order valence-electron chi connectivity index (χ1n) is 5.51. The molecule has 16 heavy (non-hydrogen) atoms. The molecule has 0 spiro atoms. The summed E-state index contributed by atoms with van der Waals surface area (Å²) in [6, 6.07) is 14.8. The van der Waals surface area contributed by atoms with Crippen LogP contribution in [0, 0.1) is 0 Å². The Kier molecular flexibility index (Phi) is 2.80. The fourth-order valence-electron chi connectivity index (χ4n) is 1.60. The lowest BCUT2D eigenvalue weighted by Gasteiger charge is -2.11. The summed E-state index contributed by atoms with van der Waals surface area (Å²) < 4.78 is 0. The Bertz CT molecular complexity index is 447. The largest absolute Gasteiger partial charge is 0.322 e. The minimum absolute atomic E-state index is 0.261. The van der Waals surface area contributed by atoms with Gasteiger partial charge in [-0.15, -0.1) is 0 Å². The van der Waals surface area contributed by atoms with Gasteiger partial charge < -0.3 is 5.73 Å². The molecule has 0 aliphatic heterocycles. The second-order valence-corrected chi connectivity index (χ2v) is 4.76. The minimum atomic E-state index is -0.261. The number of rotatable bonds is 2. The second-order valence-electron chi connectivity index (χ2n) is 4.76. The third-order valence-corrected chi connectivity index (χ3v) is 2.50. The van der Waals surface area contributed by atoms with Gasteiger partial charge in [0.15, 0.2) is 0 Å². The fraction of sp³-hybridized carbons (Fsp3) is 0.200. The smallest absolute Gasteiger partial charge is 0.0284 e. The van der Waals surface area contributed by atoms with Gasteiger partial charge in [-0.05, 0) is 30.5 Å². The van der Waals surface area contributed by atoms with E-state index >= 15 is 0 Å². The standard InChI is InChI=1S/C15H17N/c1-15(2,16)11-10-12-6-8-13-4-3-5-14(13)9-7-12/h3-11H,16H2,1-2H3/b11-10+. The summed E-state index contributed by atoms with van der Waals surface area (Å²) in [6.07, 6.45) is 4.09. The predicted octanol–water partition coefficient (Wildman–Crippen LogP) is 3.54. The quantitative estimate of drug-likeness (QED) is 0.807. The van der Waals surface area contributed by atoms with E-state index in [1.807, 2.05) is 19.9 Å². The topological polar surface area (TPSA) is 26.0 Å². The first-order chi connectivity index (χ1) is 7.54. The van der Waals surface area contributed by atoms with Crippen LogP contribution in [0.25, 0.3) is 17.2 Å². The summed E-state index contributed by atoms with van der Waals surface area (Å²) in [6.45, 7) is 3.98. The molecular formula is C15H17N. The van der Waals surface area contributed by atoms with E-state index in [-0.39, 0.29) is 5.54 Å². The number of hydrogen-bond donors (Lipinski definition) is 1. The fourth-order valence-corrected chi connectivity index (χ4v) is 1.60. The summed E-state index contributed by atoms with van der Waals surface area (Å²) in [5.41, 5.74) is 9.36. The Morgan fingerprint density at radius 3 is 2.00 bits per heavy atom. The van der Waals surface area contributed by atoms with Crippen LogP contribution in [0.15, 0.2) is 48.5 Å². The van der Waals surface area contributed by atoms with E-state index in [1.54, 1.807) is 0 Å². The van der Waals surface area contributed by atoms with Crippen molar-refractivity contribution in [3.05, 3.63) is 54.1 Å². The van der Waals surface area contributed by atoms with Crippen LogP contribution in [0.5, 0.6) is 0 Å². The van der Waals surface area contributed by atoms with E-state index in [4.69, 9.17) is 5.73 Å². The molecule has 0 amide bonds. The zero-order chi connectivity index (χ0) is 11.6. The molecule has 0 aromatic heterocycles. The number of nitrogens with two attached hydrogens (primary N) is 1. The van der Waals surface area contributed by atoms with Gasteiger partial charge in [-0.3, -0.25) is 0 Å². The first-order valence-corrected chi connectivity index (χ1v) is 5.51. The molecule has 2 aliphatic rings. The molecule has 0 heterocycles. The molecule has 0 radical (unpaired) electrons. The van der Waals surface area contributed by atoms with Crippen molar-refractivity contribution in [2.24, 2.45) is 5.73 Å². The SMILES string of the molecule is CC(C)(N)/C=C/c1ccc2cccc-2cc1. The summed E-state index contributed by atoms with van der Waals surface area (Å²) in [4.78, 5) is 0. The molecule has 0 unspecified atom stereocenters. The van der Waals surface area contributed by atoms with Crippen LogP contribution in [0.3, 0.4) is 0 Å². The molecule has 82 valence electrons. The zero-order valence-electron chi connectivity index (χ0n) is 9.77. The molecule has 0 fully saturated rings. The first kappa shape index (κ1) is 10.9. The lowest BCUT2D eigenvalue weighted by molar-refractivity contribution is 0.657. The van der Waals surface area contributed by atoms with Gasteiger partial charge in [-0.2, -0.15) is 0 Å². The maximum absolute atomic E-state index is 5.91. The van der Waals surface area contributed by atoms with Crippen molar-refractivity contribution in [1.82, 2.24) is 0 Å².